The summed E-state index contributed by atoms with van der Waals surface area (Å²) in [6, 6.07) is 7.77. The Morgan fingerprint density at radius 2 is 2.09 bits per heavy atom. The van der Waals surface area contributed by atoms with Crippen LogP contribution in [0.3, 0.4) is 0 Å². The molecule has 0 bridgehead atoms. The number of rotatable bonds is 3. The van der Waals surface area contributed by atoms with E-state index in [4.69, 9.17) is 4.74 Å². The first kappa shape index (κ1) is 14.2. The molecule has 0 unspecified atom stereocenters. The van der Waals surface area contributed by atoms with Gasteiger partial charge in [0.15, 0.2) is 0 Å². The largest absolute Gasteiger partial charge is 0.459 e. The molecular formula is C15H17N5O2. The Balaban J connectivity index is 1.99. The van der Waals surface area contributed by atoms with Crippen molar-refractivity contribution in [1.29, 1.82) is 0 Å². The highest BCUT2D eigenvalue weighted by molar-refractivity contribution is 5.94. The first-order chi connectivity index (χ1) is 10.4. The third kappa shape index (κ3) is 2.83. The number of esters is 1. The number of hydrogen-bond acceptors (Lipinski definition) is 5. The zero-order chi connectivity index (χ0) is 15.7. The quantitative estimate of drug-likeness (QED) is 0.749. The fourth-order valence-electron chi connectivity index (χ4n) is 2.34. The molecule has 0 fully saturated rings. The monoisotopic (exact) mass is 299 g/mol. The van der Waals surface area contributed by atoms with Crippen molar-refractivity contribution in [2.24, 2.45) is 0 Å². The van der Waals surface area contributed by atoms with E-state index in [1.807, 2.05) is 55.8 Å². The summed E-state index contributed by atoms with van der Waals surface area (Å²) < 4.78 is 7.22. The Hall–Kier alpha value is -2.70. The van der Waals surface area contributed by atoms with E-state index in [1.165, 1.54) is 0 Å². The molecule has 0 amide bonds. The zero-order valence-corrected chi connectivity index (χ0v) is 12.7. The molecule has 0 radical (unpaired) electrons. The van der Waals surface area contributed by atoms with Crippen molar-refractivity contribution in [3.05, 3.63) is 30.5 Å². The number of hydrogen-bond donors (Lipinski definition) is 1. The Labute approximate surface area is 127 Å². The smallest absolute Gasteiger partial charge is 0.326 e. The molecule has 3 aromatic rings. The number of ether oxygens (including phenoxy) is 1. The maximum atomic E-state index is 12.1. The summed E-state index contributed by atoms with van der Waals surface area (Å²) in [6.45, 7) is 5.69. The van der Waals surface area contributed by atoms with E-state index in [1.54, 1.807) is 0 Å². The molecule has 22 heavy (non-hydrogen) atoms. The molecule has 3 rings (SSSR count). The molecule has 0 aliphatic rings. The fraction of sp³-hybridized carbons (Fsp3) is 0.333. The van der Waals surface area contributed by atoms with Gasteiger partial charge in [0.1, 0.15) is 12.1 Å². The predicted molar refractivity (Wildman–Crippen MR) is 81.0 cm³/mol. The third-order valence-electron chi connectivity index (χ3n) is 3.09. The lowest BCUT2D eigenvalue weighted by Crippen LogP contribution is -2.26. The molecule has 0 aliphatic carbocycles. The van der Waals surface area contributed by atoms with Gasteiger partial charge in [-0.1, -0.05) is 18.2 Å². The third-order valence-corrected chi connectivity index (χ3v) is 3.09. The summed E-state index contributed by atoms with van der Waals surface area (Å²) in [5.41, 5.74) is 1.25. The lowest BCUT2D eigenvalue weighted by molar-refractivity contribution is -0.155. The summed E-state index contributed by atoms with van der Waals surface area (Å²) in [5, 5.41) is 15.0. The Kier molecular flexibility index (Phi) is 3.40. The number of H-pyrrole nitrogens is 1. The summed E-state index contributed by atoms with van der Waals surface area (Å²) in [4.78, 5) is 12.1. The molecule has 1 aromatic carbocycles. The second kappa shape index (κ2) is 5.25. The SMILES string of the molecule is CC(C)(C)OC(=O)Cn1cc(-c2nn[nH]n2)c2ccccc21. The van der Waals surface area contributed by atoms with Gasteiger partial charge in [0, 0.05) is 22.7 Å². The molecule has 2 aromatic heterocycles. The van der Waals surface area contributed by atoms with Gasteiger partial charge in [-0.2, -0.15) is 5.21 Å². The number of para-hydroxylation sites is 1. The summed E-state index contributed by atoms with van der Waals surface area (Å²) in [6.07, 6.45) is 1.85. The van der Waals surface area contributed by atoms with Crippen LogP contribution >= 0.6 is 0 Å². The predicted octanol–water partition coefficient (Wildman–Crippen LogP) is 2.16. The molecule has 0 spiro atoms. The topological polar surface area (TPSA) is 85.7 Å². The van der Waals surface area contributed by atoms with Crippen LogP contribution < -0.4 is 0 Å². The van der Waals surface area contributed by atoms with E-state index in [-0.39, 0.29) is 12.5 Å². The highest BCUT2D eigenvalue weighted by atomic mass is 16.6. The van der Waals surface area contributed by atoms with Gasteiger partial charge in [0.25, 0.3) is 0 Å². The van der Waals surface area contributed by atoms with Gasteiger partial charge in [0.05, 0.1) is 0 Å². The number of aromatic amines is 1. The molecule has 7 heteroatoms. The van der Waals surface area contributed by atoms with Crippen LogP contribution in [0.5, 0.6) is 0 Å². The lowest BCUT2D eigenvalue weighted by atomic mass is 10.2. The number of carbonyl (C=O) groups is 1. The van der Waals surface area contributed by atoms with Crippen LogP contribution in [-0.2, 0) is 16.1 Å². The van der Waals surface area contributed by atoms with Crippen LogP contribution in [-0.4, -0.2) is 36.8 Å². The van der Waals surface area contributed by atoms with E-state index in [0.29, 0.717) is 5.82 Å². The first-order valence-corrected chi connectivity index (χ1v) is 6.97. The number of benzene rings is 1. The first-order valence-electron chi connectivity index (χ1n) is 6.97. The lowest BCUT2D eigenvalue weighted by Gasteiger charge is -2.19. The molecule has 0 saturated heterocycles. The minimum absolute atomic E-state index is 0.135. The molecular weight excluding hydrogens is 282 g/mol. The highest BCUT2D eigenvalue weighted by Crippen LogP contribution is 2.28. The van der Waals surface area contributed by atoms with E-state index < -0.39 is 5.60 Å². The Morgan fingerprint density at radius 3 is 2.77 bits per heavy atom. The molecule has 1 N–H and O–H groups in total. The second-order valence-corrected chi connectivity index (χ2v) is 6.01. The van der Waals surface area contributed by atoms with Gasteiger partial charge in [-0.25, -0.2) is 0 Å². The molecule has 0 aliphatic heterocycles. The van der Waals surface area contributed by atoms with Gasteiger partial charge >= 0.3 is 5.97 Å². The second-order valence-electron chi connectivity index (χ2n) is 6.01. The van der Waals surface area contributed by atoms with Crippen LogP contribution in [0.2, 0.25) is 0 Å². The van der Waals surface area contributed by atoms with Crippen LogP contribution in [0.15, 0.2) is 30.5 Å². The van der Waals surface area contributed by atoms with E-state index in [2.05, 4.69) is 20.6 Å². The number of carbonyl (C=O) groups excluding carboxylic acids is 1. The van der Waals surface area contributed by atoms with E-state index in [0.717, 1.165) is 16.5 Å². The molecule has 2 heterocycles. The summed E-state index contributed by atoms with van der Waals surface area (Å²) in [7, 11) is 0. The summed E-state index contributed by atoms with van der Waals surface area (Å²) >= 11 is 0. The van der Waals surface area contributed by atoms with Crippen LogP contribution in [0.25, 0.3) is 22.3 Å². The number of tetrazole rings is 1. The zero-order valence-electron chi connectivity index (χ0n) is 12.7. The van der Waals surface area contributed by atoms with Crippen LogP contribution in [0, 0.1) is 0 Å². The van der Waals surface area contributed by atoms with Crippen molar-refractivity contribution >= 4 is 16.9 Å². The van der Waals surface area contributed by atoms with Gasteiger partial charge < -0.3 is 9.30 Å². The van der Waals surface area contributed by atoms with Gasteiger partial charge in [-0.05, 0) is 32.1 Å². The number of fused-ring (bicyclic) bond motifs is 1. The van der Waals surface area contributed by atoms with Crippen molar-refractivity contribution in [3.8, 4) is 11.4 Å². The molecule has 0 saturated carbocycles. The van der Waals surface area contributed by atoms with Crippen molar-refractivity contribution in [2.45, 2.75) is 32.9 Å². The van der Waals surface area contributed by atoms with E-state index >= 15 is 0 Å². The molecule has 7 nitrogen and oxygen atoms in total. The molecule has 114 valence electrons. The van der Waals surface area contributed by atoms with Crippen molar-refractivity contribution in [1.82, 2.24) is 25.2 Å². The average molecular weight is 299 g/mol. The maximum Gasteiger partial charge on any atom is 0.326 e. The minimum Gasteiger partial charge on any atom is -0.459 e. The minimum atomic E-state index is -0.503. The van der Waals surface area contributed by atoms with Gasteiger partial charge in [-0.3, -0.25) is 4.79 Å². The maximum absolute atomic E-state index is 12.1. The van der Waals surface area contributed by atoms with Crippen LogP contribution in [0.1, 0.15) is 20.8 Å². The highest BCUT2D eigenvalue weighted by Gasteiger charge is 2.19. The molecule has 0 atom stereocenters. The summed E-state index contributed by atoms with van der Waals surface area (Å²) in [5.74, 6) is 0.215. The number of aromatic nitrogens is 5. The van der Waals surface area contributed by atoms with E-state index in [9.17, 15) is 4.79 Å². The van der Waals surface area contributed by atoms with Crippen molar-refractivity contribution in [3.63, 3.8) is 0 Å². The van der Waals surface area contributed by atoms with Crippen molar-refractivity contribution in [2.75, 3.05) is 0 Å². The average Bonchev–Trinajstić information content (AvgIpc) is 3.05. The van der Waals surface area contributed by atoms with Gasteiger partial charge in [-0.15, -0.1) is 10.2 Å². The number of nitrogens with zero attached hydrogens (tertiary/aromatic N) is 4. The standard InChI is InChI=1S/C15H17N5O2/c1-15(2,3)22-13(21)9-20-8-11(14-16-18-19-17-14)10-6-4-5-7-12(10)20/h4-8H,9H2,1-3H3,(H,16,17,18,19). The van der Waals surface area contributed by atoms with Gasteiger partial charge in [0.2, 0.25) is 5.82 Å². The van der Waals surface area contributed by atoms with Crippen LogP contribution in [0.4, 0.5) is 0 Å². The normalized spacial score (nSPS) is 11.8. The Bertz CT molecular complexity index is 799. The fourth-order valence-corrected chi connectivity index (χ4v) is 2.34. The van der Waals surface area contributed by atoms with Crippen molar-refractivity contribution < 1.29 is 9.53 Å². The number of nitrogens with one attached hydrogen (secondary N) is 1. The Morgan fingerprint density at radius 1 is 1.32 bits per heavy atom.